The van der Waals surface area contributed by atoms with Crippen LogP contribution >= 0.6 is 11.6 Å². The third kappa shape index (κ3) is 4.42. The number of hydrogen-bond donors (Lipinski definition) is 0. The van der Waals surface area contributed by atoms with Crippen molar-refractivity contribution in [2.45, 2.75) is 0 Å². The summed E-state index contributed by atoms with van der Waals surface area (Å²) in [6.07, 6.45) is 0. The molecule has 24 heavy (non-hydrogen) atoms. The topological polar surface area (TPSA) is 72.7 Å². The quantitative estimate of drug-likeness (QED) is 0.588. The summed E-state index contributed by atoms with van der Waals surface area (Å²) >= 11 is 5.73. The van der Waals surface area contributed by atoms with E-state index in [1.165, 1.54) is 48.3 Å². The molecule has 2 aromatic carbocycles. The maximum atomic E-state index is 12.8. The molecular formula is C16H14ClFN2O4. The number of hydrogen-bond acceptors (Lipinski definition) is 4. The predicted octanol–water partition coefficient (Wildman–Crippen LogP) is 3.54. The first-order valence-corrected chi connectivity index (χ1v) is 7.34. The van der Waals surface area contributed by atoms with Gasteiger partial charge in [0.25, 0.3) is 11.6 Å². The summed E-state index contributed by atoms with van der Waals surface area (Å²) in [4.78, 5) is 24.0. The van der Waals surface area contributed by atoms with Crippen LogP contribution in [0.3, 0.4) is 0 Å². The van der Waals surface area contributed by atoms with Gasteiger partial charge in [-0.1, -0.05) is 11.6 Å². The largest absolute Gasteiger partial charge is 0.492 e. The molecule has 0 aliphatic heterocycles. The van der Waals surface area contributed by atoms with Crippen molar-refractivity contribution in [1.82, 2.24) is 4.90 Å². The lowest BCUT2D eigenvalue weighted by Gasteiger charge is -2.17. The van der Waals surface area contributed by atoms with Crippen LogP contribution < -0.4 is 4.74 Å². The highest BCUT2D eigenvalue weighted by molar-refractivity contribution is 6.31. The standard InChI is InChI=1S/C16H14ClFN2O4/c1-19(8-9-24-13-5-3-12(18)4-6-13)16(21)14-7-2-11(17)10-15(14)20(22)23/h2-7,10H,8-9H2,1H3. The van der Waals surface area contributed by atoms with Crippen LogP contribution in [0.4, 0.5) is 10.1 Å². The van der Waals surface area contributed by atoms with Gasteiger partial charge >= 0.3 is 0 Å². The van der Waals surface area contributed by atoms with Gasteiger partial charge in [-0.15, -0.1) is 0 Å². The van der Waals surface area contributed by atoms with Gasteiger partial charge in [-0.3, -0.25) is 14.9 Å². The Morgan fingerprint density at radius 1 is 1.29 bits per heavy atom. The number of rotatable bonds is 6. The van der Waals surface area contributed by atoms with E-state index in [-0.39, 0.29) is 35.2 Å². The van der Waals surface area contributed by atoms with Crippen LogP contribution in [0.5, 0.6) is 5.75 Å². The Labute approximate surface area is 142 Å². The molecule has 0 saturated heterocycles. The Kier molecular flexibility index (Phi) is 5.70. The molecule has 6 nitrogen and oxygen atoms in total. The van der Waals surface area contributed by atoms with Crippen LogP contribution in [0.15, 0.2) is 42.5 Å². The van der Waals surface area contributed by atoms with Gasteiger partial charge in [0.05, 0.1) is 11.5 Å². The molecule has 2 rings (SSSR count). The zero-order chi connectivity index (χ0) is 17.7. The third-order valence-corrected chi connectivity index (χ3v) is 3.48. The number of amides is 1. The number of halogens is 2. The lowest BCUT2D eigenvalue weighted by molar-refractivity contribution is -0.385. The van der Waals surface area contributed by atoms with E-state index in [0.29, 0.717) is 5.75 Å². The molecule has 0 N–H and O–H groups in total. The second kappa shape index (κ2) is 7.74. The van der Waals surface area contributed by atoms with Gasteiger partial charge in [0.15, 0.2) is 0 Å². The van der Waals surface area contributed by atoms with E-state index in [1.807, 2.05) is 0 Å². The van der Waals surface area contributed by atoms with Crippen molar-refractivity contribution in [2.24, 2.45) is 0 Å². The van der Waals surface area contributed by atoms with Crippen LogP contribution in [0.25, 0.3) is 0 Å². The van der Waals surface area contributed by atoms with Gasteiger partial charge < -0.3 is 9.64 Å². The predicted molar refractivity (Wildman–Crippen MR) is 87.0 cm³/mol. The van der Waals surface area contributed by atoms with Crippen molar-refractivity contribution < 1.29 is 18.8 Å². The van der Waals surface area contributed by atoms with Gasteiger partial charge in [0, 0.05) is 18.1 Å². The Morgan fingerprint density at radius 2 is 1.96 bits per heavy atom. The molecule has 0 unspecified atom stereocenters. The van der Waals surface area contributed by atoms with Crippen molar-refractivity contribution >= 4 is 23.2 Å². The molecular weight excluding hydrogens is 339 g/mol. The fourth-order valence-corrected chi connectivity index (χ4v) is 2.14. The lowest BCUT2D eigenvalue weighted by atomic mass is 10.1. The minimum Gasteiger partial charge on any atom is -0.492 e. The van der Waals surface area contributed by atoms with E-state index in [4.69, 9.17) is 16.3 Å². The molecule has 0 aliphatic carbocycles. The number of benzene rings is 2. The van der Waals surface area contributed by atoms with E-state index in [9.17, 15) is 19.3 Å². The van der Waals surface area contributed by atoms with E-state index >= 15 is 0 Å². The van der Waals surface area contributed by atoms with E-state index in [2.05, 4.69) is 0 Å². The summed E-state index contributed by atoms with van der Waals surface area (Å²) in [7, 11) is 1.51. The first-order valence-electron chi connectivity index (χ1n) is 6.96. The molecule has 1 amide bonds. The Bertz CT molecular complexity index is 752. The van der Waals surface area contributed by atoms with E-state index in [1.54, 1.807) is 0 Å². The monoisotopic (exact) mass is 352 g/mol. The number of nitrogens with zero attached hydrogens (tertiary/aromatic N) is 2. The smallest absolute Gasteiger partial charge is 0.283 e. The molecule has 0 fully saturated rings. The Morgan fingerprint density at radius 3 is 2.58 bits per heavy atom. The first-order chi connectivity index (χ1) is 11.4. The summed E-state index contributed by atoms with van der Waals surface area (Å²) in [5.41, 5.74) is -0.396. The molecule has 0 radical (unpaired) electrons. The number of carbonyl (C=O) groups is 1. The second-order valence-electron chi connectivity index (χ2n) is 4.95. The van der Waals surface area contributed by atoms with Gasteiger partial charge in [-0.05, 0) is 36.4 Å². The van der Waals surface area contributed by atoms with Crippen molar-refractivity contribution in [2.75, 3.05) is 20.2 Å². The number of nitro groups is 1. The number of likely N-dealkylation sites (N-methyl/N-ethyl adjacent to an activating group) is 1. The maximum absolute atomic E-state index is 12.8. The summed E-state index contributed by atoms with van der Waals surface area (Å²) in [6.45, 7) is 0.366. The summed E-state index contributed by atoms with van der Waals surface area (Å²) in [5, 5.41) is 11.2. The number of nitro benzene ring substituents is 1. The molecule has 0 bridgehead atoms. The zero-order valence-corrected chi connectivity index (χ0v) is 13.5. The van der Waals surface area contributed by atoms with Crippen molar-refractivity contribution in [3.05, 3.63) is 69.0 Å². The van der Waals surface area contributed by atoms with Crippen molar-refractivity contribution in [1.29, 1.82) is 0 Å². The summed E-state index contributed by atoms with van der Waals surface area (Å²) < 4.78 is 18.2. The van der Waals surface area contributed by atoms with Crippen molar-refractivity contribution in [3.63, 3.8) is 0 Å². The van der Waals surface area contributed by atoms with Gasteiger partial charge in [0.1, 0.15) is 23.7 Å². The Balaban J connectivity index is 1.99. The average molecular weight is 353 g/mol. The molecule has 0 aliphatic rings. The number of carbonyl (C=O) groups excluding carboxylic acids is 1. The number of ether oxygens (including phenoxy) is 1. The minimum atomic E-state index is -0.651. The fourth-order valence-electron chi connectivity index (χ4n) is 1.98. The highest BCUT2D eigenvalue weighted by atomic mass is 35.5. The molecule has 126 valence electrons. The average Bonchev–Trinajstić information content (AvgIpc) is 2.55. The van der Waals surface area contributed by atoms with Crippen LogP contribution in [0.2, 0.25) is 5.02 Å². The highest BCUT2D eigenvalue weighted by Crippen LogP contribution is 2.24. The van der Waals surface area contributed by atoms with E-state index in [0.717, 1.165) is 6.07 Å². The van der Waals surface area contributed by atoms with Crippen LogP contribution in [0, 0.1) is 15.9 Å². The Hall–Kier alpha value is -2.67. The molecule has 0 saturated carbocycles. The fraction of sp³-hybridized carbons (Fsp3) is 0.188. The first kappa shape index (κ1) is 17.7. The zero-order valence-electron chi connectivity index (χ0n) is 12.7. The van der Waals surface area contributed by atoms with Crippen LogP contribution in [-0.2, 0) is 0 Å². The molecule has 2 aromatic rings. The normalized spacial score (nSPS) is 10.3. The molecule has 8 heteroatoms. The highest BCUT2D eigenvalue weighted by Gasteiger charge is 2.23. The molecule has 0 spiro atoms. The van der Waals surface area contributed by atoms with Gasteiger partial charge in [-0.25, -0.2) is 4.39 Å². The summed E-state index contributed by atoms with van der Waals surface area (Å²) in [6, 6.07) is 9.35. The van der Waals surface area contributed by atoms with Gasteiger partial charge in [-0.2, -0.15) is 0 Å². The molecule has 0 atom stereocenters. The summed E-state index contributed by atoms with van der Waals surface area (Å²) in [5.74, 6) is -0.416. The van der Waals surface area contributed by atoms with Crippen LogP contribution in [0.1, 0.15) is 10.4 Å². The molecule has 0 aromatic heterocycles. The minimum absolute atomic E-state index is 0.0475. The van der Waals surface area contributed by atoms with Crippen molar-refractivity contribution in [3.8, 4) is 5.75 Å². The SMILES string of the molecule is CN(CCOc1ccc(F)cc1)C(=O)c1ccc(Cl)cc1[N+](=O)[O-]. The molecule has 0 heterocycles. The van der Waals surface area contributed by atoms with E-state index < -0.39 is 10.8 Å². The maximum Gasteiger partial charge on any atom is 0.283 e. The second-order valence-corrected chi connectivity index (χ2v) is 5.38. The third-order valence-electron chi connectivity index (χ3n) is 3.24. The lowest BCUT2D eigenvalue weighted by Crippen LogP contribution is -2.31. The van der Waals surface area contributed by atoms with Gasteiger partial charge in [0.2, 0.25) is 0 Å². The van der Waals surface area contributed by atoms with Crippen LogP contribution in [-0.4, -0.2) is 35.9 Å².